The average molecular weight is 361 g/mol. The van der Waals surface area contributed by atoms with Crippen LogP contribution in [0.4, 0.5) is 5.69 Å². The largest absolute Gasteiger partial charge is 0.394 e. The summed E-state index contributed by atoms with van der Waals surface area (Å²) in [5.41, 5.74) is 2.70. The van der Waals surface area contributed by atoms with Gasteiger partial charge in [-0.2, -0.15) is 4.98 Å². The molecule has 126 valence electrons. The molecule has 0 saturated carbocycles. The van der Waals surface area contributed by atoms with Crippen LogP contribution in [0.3, 0.4) is 0 Å². The number of benzene rings is 1. The molecule has 0 fully saturated rings. The summed E-state index contributed by atoms with van der Waals surface area (Å²) >= 11 is 2.79. The third-order valence-corrected chi connectivity index (χ3v) is 5.44. The number of pyridine rings is 1. The van der Waals surface area contributed by atoms with E-state index >= 15 is 0 Å². The number of hydrogen-bond donors (Lipinski definition) is 2. The second kappa shape index (κ2) is 7.83. The molecule has 24 heavy (non-hydrogen) atoms. The third kappa shape index (κ3) is 3.98. The van der Waals surface area contributed by atoms with E-state index < -0.39 is 0 Å². The molecule has 0 saturated heterocycles. The predicted octanol–water partition coefficient (Wildman–Crippen LogP) is 3.29. The lowest BCUT2D eigenvalue weighted by Gasteiger charge is -2.19. The topological polar surface area (TPSA) is 67.2 Å². The summed E-state index contributed by atoms with van der Waals surface area (Å²) < 4.78 is 2.00. The number of anilines is 1. The minimum atomic E-state index is -0.198. The van der Waals surface area contributed by atoms with E-state index in [1.165, 1.54) is 5.56 Å². The molecule has 2 N–H and O–H groups in total. The van der Waals surface area contributed by atoms with Crippen LogP contribution in [-0.4, -0.2) is 26.7 Å². The maximum atomic E-state index is 11.7. The molecule has 1 unspecified atom stereocenters. The molecule has 0 bridgehead atoms. The van der Waals surface area contributed by atoms with Gasteiger partial charge in [0, 0.05) is 24.2 Å². The fourth-order valence-electron chi connectivity index (χ4n) is 2.33. The van der Waals surface area contributed by atoms with E-state index in [-0.39, 0.29) is 17.5 Å². The first kappa shape index (κ1) is 17.0. The zero-order valence-corrected chi connectivity index (χ0v) is 14.9. The van der Waals surface area contributed by atoms with Crippen LogP contribution >= 0.6 is 23.3 Å². The molecule has 2 aliphatic rings. The van der Waals surface area contributed by atoms with Gasteiger partial charge in [0.25, 0.3) is 0 Å². The molecule has 1 aromatic carbocycles. The molecule has 1 aromatic rings. The minimum Gasteiger partial charge on any atom is -0.394 e. The number of rotatable bonds is 7. The van der Waals surface area contributed by atoms with Crippen molar-refractivity contribution in [1.82, 2.24) is 8.96 Å². The summed E-state index contributed by atoms with van der Waals surface area (Å²) in [5, 5.41) is 12.7. The fourth-order valence-corrected chi connectivity index (χ4v) is 3.99. The van der Waals surface area contributed by atoms with Crippen molar-refractivity contribution in [2.45, 2.75) is 25.1 Å². The second-order valence-corrected chi connectivity index (χ2v) is 7.38. The summed E-state index contributed by atoms with van der Waals surface area (Å²) in [7, 11) is 0. The first-order chi connectivity index (χ1) is 11.7. The van der Waals surface area contributed by atoms with Crippen LogP contribution in [0.5, 0.6) is 0 Å². The molecule has 7 heteroatoms. The van der Waals surface area contributed by atoms with Gasteiger partial charge in [-0.15, -0.1) is 0 Å². The monoisotopic (exact) mass is 361 g/mol. The van der Waals surface area contributed by atoms with Crippen molar-refractivity contribution in [3.8, 4) is 10.6 Å². The van der Waals surface area contributed by atoms with E-state index in [1.54, 1.807) is 11.9 Å². The van der Waals surface area contributed by atoms with Gasteiger partial charge < -0.3 is 10.4 Å². The van der Waals surface area contributed by atoms with Crippen LogP contribution in [0.2, 0.25) is 0 Å². The van der Waals surface area contributed by atoms with Crippen molar-refractivity contribution in [1.29, 1.82) is 0 Å². The molecule has 0 aliphatic carbocycles. The Kier molecular flexibility index (Phi) is 5.55. The number of nitrogens with one attached hydrogen (secondary N) is 1. The molecule has 0 amide bonds. The number of aromatic nitrogens is 2. The molecular weight excluding hydrogens is 342 g/mol. The van der Waals surface area contributed by atoms with E-state index in [0.29, 0.717) is 5.69 Å². The zero-order chi connectivity index (χ0) is 16.9. The predicted molar refractivity (Wildman–Crippen MR) is 101 cm³/mol. The Labute approximate surface area is 148 Å². The number of nitrogens with zero attached hydrogens (tertiary/aromatic N) is 2. The van der Waals surface area contributed by atoms with Crippen LogP contribution in [-0.2, 0) is 5.75 Å². The highest BCUT2D eigenvalue weighted by atomic mass is 32.2. The summed E-state index contributed by atoms with van der Waals surface area (Å²) in [6.45, 7) is 2.05. The van der Waals surface area contributed by atoms with E-state index in [2.05, 4.69) is 22.4 Å². The van der Waals surface area contributed by atoms with E-state index in [0.717, 1.165) is 34.1 Å². The number of hydrogen-bond acceptors (Lipinski definition) is 6. The highest BCUT2D eigenvalue weighted by Crippen LogP contribution is 2.32. The molecule has 2 aliphatic heterocycles. The Hall–Kier alpha value is -1.83. The quantitative estimate of drug-likeness (QED) is 0.676. The first-order valence-corrected chi connectivity index (χ1v) is 9.53. The lowest BCUT2D eigenvalue weighted by atomic mass is 10.2. The molecule has 3 rings (SSSR count). The summed E-state index contributed by atoms with van der Waals surface area (Å²) in [4.78, 5) is 16.4. The Balaban J connectivity index is 1.88. The zero-order valence-electron chi connectivity index (χ0n) is 13.3. The average Bonchev–Trinajstić information content (AvgIpc) is 2.99. The second-order valence-electron chi connectivity index (χ2n) is 5.42. The van der Waals surface area contributed by atoms with Crippen molar-refractivity contribution < 1.29 is 5.11 Å². The SMILES string of the molecule is CCC(CO)Nc1cn(SCc2ccccc2)cc2sc(=O)nc1-2. The Morgan fingerprint density at radius 1 is 1.33 bits per heavy atom. The van der Waals surface area contributed by atoms with Gasteiger partial charge in [-0.05, 0) is 23.9 Å². The van der Waals surface area contributed by atoms with Crippen molar-refractivity contribution in [3.05, 3.63) is 58.0 Å². The van der Waals surface area contributed by atoms with Crippen LogP contribution in [0.15, 0.2) is 47.5 Å². The molecule has 0 spiro atoms. The maximum Gasteiger partial charge on any atom is 0.327 e. The molecule has 1 atom stereocenters. The van der Waals surface area contributed by atoms with Gasteiger partial charge in [-0.25, -0.2) is 0 Å². The molecular formula is C17H19N3O2S2. The fraction of sp³-hybridized carbons (Fsp3) is 0.294. The number of fused-ring (bicyclic) bond motifs is 1. The van der Waals surface area contributed by atoms with Gasteiger partial charge in [0.15, 0.2) is 0 Å². The summed E-state index contributed by atoms with van der Waals surface area (Å²) in [5.74, 6) is 0.830. The van der Waals surface area contributed by atoms with Gasteiger partial charge >= 0.3 is 4.87 Å². The van der Waals surface area contributed by atoms with Crippen LogP contribution < -0.4 is 10.2 Å². The number of aliphatic hydroxyl groups excluding tert-OH is 1. The van der Waals surface area contributed by atoms with E-state index in [1.807, 2.05) is 41.5 Å². The smallest absolute Gasteiger partial charge is 0.327 e. The Bertz CT molecular complexity index is 812. The highest BCUT2D eigenvalue weighted by molar-refractivity contribution is 7.97. The van der Waals surface area contributed by atoms with E-state index in [9.17, 15) is 9.90 Å². The van der Waals surface area contributed by atoms with Crippen molar-refractivity contribution in [2.75, 3.05) is 11.9 Å². The lowest BCUT2D eigenvalue weighted by molar-refractivity contribution is 0.272. The highest BCUT2D eigenvalue weighted by Gasteiger charge is 2.17. The number of thiazole rings is 1. The van der Waals surface area contributed by atoms with Gasteiger partial charge in [0.2, 0.25) is 0 Å². The van der Waals surface area contributed by atoms with E-state index in [4.69, 9.17) is 0 Å². The summed E-state index contributed by atoms with van der Waals surface area (Å²) in [6, 6.07) is 10.2. The molecule has 0 aromatic heterocycles. The van der Waals surface area contributed by atoms with Gasteiger partial charge in [0.1, 0.15) is 5.69 Å². The van der Waals surface area contributed by atoms with Gasteiger partial charge in [-0.1, -0.05) is 48.6 Å². The maximum absolute atomic E-state index is 11.7. The normalized spacial score (nSPS) is 12.4. The van der Waals surface area contributed by atoms with Gasteiger partial charge in [-0.3, -0.25) is 8.77 Å². The third-order valence-electron chi connectivity index (χ3n) is 3.69. The standard InChI is InChI=1S/C17H19N3O2S2/c1-2-13(10-21)18-14-8-20(9-15-16(14)19-17(22)24-15)23-11-12-6-4-3-5-7-12/h3-9,13,18,21H,2,10-11H2,1H3. The van der Waals surface area contributed by atoms with Crippen molar-refractivity contribution in [3.63, 3.8) is 0 Å². The van der Waals surface area contributed by atoms with Crippen LogP contribution in [0, 0.1) is 0 Å². The molecule has 0 radical (unpaired) electrons. The summed E-state index contributed by atoms with van der Waals surface area (Å²) in [6.07, 6.45) is 4.67. The Morgan fingerprint density at radius 3 is 2.83 bits per heavy atom. The van der Waals surface area contributed by atoms with Gasteiger partial charge in [0.05, 0.1) is 17.2 Å². The molecule has 2 heterocycles. The lowest BCUT2D eigenvalue weighted by Crippen LogP contribution is -2.23. The van der Waals surface area contributed by atoms with Crippen LogP contribution in [0.25, 0.3) is 10.6 Å². The van der Waals surface area contributed by atoms with Crippen LogP contribution in [0.1, 0.15) is 18.9 Å². The van der Waals surface area contributed by atoms with Crippen molar-refractivity contribution >= 4 is 29.0 Å². The van der Waals surface area contributed by atoms with Crippen molar-refractivity contribution in [2.24, 2.45) is 0 Å². The Morgan fingerprint density at radius 2 is 2.12 bits per heavy atom. The number of aliphatic hydroxyl groups is 1. The molecule has 5 nitrogen and oxygen atoms in total. The minimum absolute atomic E-state index is 0.0401. The first-order valence-electron chi connectivity index (χ1n) is 7.77.